The van der Waals surface area contributed by atoms with Crippen molar-refractivity contribution >= 4 is 56.5 Å². The van der Waals surface area contributed by atoms with Crippen LogP contribution in [0.2, 0.25) is 0 Å². The van der Waals surface area contributed by atoms with Crippen LogP contribution in [0.1, 0.15) is 89.1 Å². The molecule has 1 aromatic heterocycles. The van der Waals surface area contributed by atoms with Crippen LogP contribution in [0.25, 0.3) is 5.57 Å². The maximum atomic E-state index is 4.94. The van der Waals surface area contributed by atoms with Crippen molar-refractivity contribution in [1.29, 1.82) is 0 Å². The van der Waals surface area contributed by atoms with Gasteiger partial charge in [-0.05, 0) is 96.9 Å². The minimum Gasteiger partial charge on any atom is -0.358 e. The van der Waals surface area contributed by atoms with Crippen molar-refractivity contribution in [3.63, 3.8) is 0 Å². The number of H-pyrrole nitrogens is 1. The Labute approximate surface area is 186 Å². The van der Waals surface area contributed by atoms with Crippen molar-refractivity contribution < 1.29 is 0 Å². The van der Waals surface area contributed by atoms with Gasteiger partial charge in [-0.1, -0.05) is 45.4 Å². The van der Waals surface area contributed by atoms with Gasteiger partial charge in [0.2, 0.25) is 0 Å². The Hall–Kier alpha value is -0.110. The molecule has 1 aromatic rings. The third-order valence-electron chi connectivity index (χ3n) is 5.25. The van der Waals surface area contributed by atoms with Crippen LogP contribution in [-0.4, -0.2) is 10.7 Å². The number of aryl methyl sites for hydroxylation is 1. The Bertz CT molecular complexity index is 736. The Morgan fingerprint density at radius 1 is 0.923 bits per heavy atom. The second-order valence-electron chi connectivity index (χ2n) is 7.40. The minimum absolute atomic E-state index is 1.11. The highest BCUT2D eigenvalue weighted by atomic mass is 127. The summed E-state index contributed by atoms with van der Waals surface area (Å²) < 4.78 is 2.66. The highest BCUT2D eigenvalue weighted by Crippen LogP contribution is 2.38. The summed E-state index contributed by atoms with van der Waals surface area (Å²) in [7, 11) is 0. The molecule has 4 heteroatoms. The number of halogens is 2. The van der Waals surface area contributed by atoms with Gasteiger partial charge in [-0.2, -0.15) is 0 Å². The topological polar surface area (TPSA) is 28.1 Å². The van der Waals surface area contributed by atoms with Crippen LogP contribution >= 0.6 is 45.2 Å². The predicted octanol–water partition coefficient (Wildman–Crippen LogP) is 8.27. The molecule has 0 aliphatic carbocycles. The molecule has 0 unspecified atom stereocenters. The number of aromatic amines is 1. The van der Waals surface area contributed by atoms with E-state index in [9.17, 15) is 0 Å². The van der Waals surface area contributed by atoms with E-state index in [0.29, 0.717) is 0 Å². The summed E-state index contributed by atoms with van der Waals surface area (Å²) >= 11 is 4.90. The van der Waals surface area contributed by atoms with Crippen LogP contribution in [0, 0.1) is 17.4 Å². The van der Waals surface area contributed by atoms with E-state index in [4.69, 9.17) is 4.99 Å². The molecule has 1 aliphatic heterocycles. The molecule has 0 spiro atoms. The maximum Gasteiger partial charge on any atom is 0.0726 e. The van der Waals surface area contributed by atoms with E-state index in [-0.39, 0.29) is 0 Å². The molecule has 0 saturated heterocycles. The lowest BCUT2D eigenvalue weighted by Crippen LogP contribution is -1.95. The zero-order chi connectivity index (χ0) is 19.3. The van der Waals surface area contributed by atoms with Gasteiger partial charge in [-0.15, -0.1) is 0 Å². The molecule has 2 rings (SSSR count). The summed E-state index contributed by atoms with van der Waals surface area (Å²) in [5.74, 6) is 0. The van der Waals surface area contributed by atoms with E-state index in [1.807, 2.05) is 0 Å². The first-order chi connectivity index (χ1) is 12.4. The van der Waals surface area contributed by atoms with Crippen LogP contribution in [-0.2, 0) is 0 Å². The van der Waals surface area contributed by atoms with Crippen molar-refractivity contribution in [3.05, 3.63) is 35.4 Å². The first-order valence-corrected chi connectivity index (χ1v) is 12.0. The maximum absolute atomic E-state index is 4.94. The molecule has 2 heterocycles. The molecule has 2 nitrogen and oxygen atoms in total. The summed E-state index contributed by atoms with van der Waals surface area (Å²) in [4.78, 5) is 8.59. The van der Waals surface area contributed by atoms with E-state index in [1.165, 1.54) is 85.9 Å². The molecular weight excluding hydrogens is 546 g/mol. The van der Waals surface area contributed by atoms with Crippen molar-refractivity contribution in [1.82, 2.24) is 4.98 Å². The first-order valence-electron chi connectivity index (χ1n) is 9.89. The van der Waals surface area contributed by atoms with E-state index >= 15 is 0 Å². The Morgan fingerprint density at radius 3 is 2.04 bits per heavy atom. The van der Waals surface area contributed by atoms with Gasteiger partial charge in [0.05, 0.1) is 11.4 Å². The lowest BCUT2D eigenvalue weighted by molar-refractivity contribution is 0.593. The highest BCUT2D eigenvalue weighted by Gasteiger charge is 2.22. The van der Waals surface area contributed by atoms with E-state index in [1.54, 1.807) is 0 Å². The summed E-state index contributed by atoms with van der Waals surface area (Å²) in [5.41, 5.74) is 9.05. The fourth-order valence-corrected chi connectivity index (χ4v) is 4.40. The molecule has 0 aromatic carbocycles. The smallest absolute Gasteiger partial charge is 0.0726 e. The third-order valence-corrected chi connectivity index (χ3v) is 8.45. The number of nitrogens with zero attached hydrogens (tertiary/aromatic N) is 1. The second kappa shape index (κ2) is 10.4. The van der Waals surface area contributed by atoms with Gasteiger partial charge < -0.3 is 4.98 Å². The monoisotopic (exact) mass is 578 g/mol. The Morgan fingerprint density at radius 2 is 1.54 bits per heavy atom. The van der Waals surface area contributed by atoms with Gasteiger partial charge in [0.15, 0.2) is 0 Å². The summed E-state index contributed by atoms with van der Waals surface area (Å²) in [6.07, 6.45) is 10.5. The van der Waals surface area contributed by atoms with Gasteiger partial charge in [0, 0.05) is 24.1 Å². The molecule has 0 fully saturated rings. The normalized spacial score (nSPS) is 16.5. The SMILES string of the molecule is CCCCCCCCC/C(=C1/N=C(C)C(I)=C1C)c1[nH]c(C)c(I)c1C. The van der Waals surface area contributed by atoms with E-state index < -0.39 is 0 Å². The van der Waals surface area contributed by atoms with Gasteiger partial charge in [0.25, 0.3) is 0 Å². The standard InChI is InChI=1S/C22H32I2N2/c1-6-7-8-9-10-11-12-13-18(21-14(2)19(23)16(4)25-21)22-15(3)20(24)17(5)26-22/h25H,6-13H2,1-5H3/b22-18-. The Balaban J connectivity index is 2.21. The molecule has 0 atom stereocenters. The molecule has 1 N–H and O–H groups in total. The van der Waals surface area contributed by atoms with Crippen molar-refractivity contribution in [3.8, 4) is 0 Å². The minimum atomic E-state index is 1.11. The summed E-state index contributed by atoms with van der Waals surface area (Å²) in [6.45, 7) is 11.0. The largest absolute Gasteiger partial charge is 0.358 e. The third kappa shape index (κ3) is 5.24. The predicted molar refractivity (Wildman–Crippen MR) is 132 cm³/mol. The van der Waals surface area contributed by atoms with Crippen molar-refractivity contribution in [2.24, 2.45) is 4.99 Å². The average Bonchev–Trinajstić information content (AvgIpc) is 3.02. The Kier molecular flexibility index (Phi) is 8.91. The number of rotatable bonds is 9. The molecule has 0 saturated carbocycles. The molecule has 0 radical (unpaired) electrons. The van der Waals surface area contributed by atoms with Crippen LogP contribution in [0.3, 0.4) is 0 Å². The number of hydrogen-bond acceptors (Lipinski definition) is 1. The summed E-state index contributed by atoms with van der Waals surface area (Å²) in [5, 5.41) is 0. The fraction of sp³-hybridized carbons (Fsp3) is 0.591. The molecular formula is C22H32I2N2. The first kappa shape index (κ1) is 22.2. The molecule has 0 bridgehead atoms. The molecule has 1 aliphatic rings. The lowest BCUT2D eigenvalue weighted by atomic mass is 9.97. The van der Waals surface area contributed by atoms with Gasteiger partial charge in [0.1, 0.15) is 0 Å². The molecule has 0 amide bonds. The van der Waals surface area contributed by atoms with E-state index in [0.717, 1.165) is 12.1 Å². The number of hydrogen-bond donors (Lipinski definition) is 1. The number of aliphatic imine (C=N–C) groups is 1. The highest BCUT2D eigenvalue weighted by molar-refractivity contribution is 14.1. The number of nitrogens with one attached hydrogen (secondary N) is 1. The average molecular weight is 578 g/mol. The van der Waals surface area contributed by atoms with Crippen molar-refractivity contribution in [2.75, 3.05) is 0 Å². The second-order valence-corrected chi connectivity index (χ2v) is 9.56. The molecule has 26 heavy (non-hydrogen) atoms. The zero-order valence-electron chi connectivity index (χ0n) is 16.9. The van der Waals surface area contributed by atoms with E-state index in [2.05, 4.69) is 84.8 Å². The summed E-state index contributed by atoms with van der Waals surface area (Å²) in [6, 6.07) is 0. The number of allylic oxidation sites excluding steroid dienone is 3. The fourth-order valence-electron chi connectivity index (χ4n) is 3.62. The lowest BCUT2D eigenvalue weighted by Gasteiger charge is -2.12. The number of aromatic nitrogens is 1. The van der Waals surface area contributed by atoms with Crippen LogP contribution in [0.4, 0.5) is 0 Å². The van der Waals surface area contributed by atoms with Crippen LogP contribution in [0.5, 0.6) is 0 Å². The number of unbranched alkanes of at least 4 members (excludes halogenated alkanes) is 6. The van der Waals surface area contributed by atoms with Gasteiger partial charge >= 0.3 is 0 Å². The zero-order valence-corrected chi connectivity index (χ0v) is 21.2. The van der Waals surface area contributed by atoms with Crippen molar-refractivity contribution in [2.45, 2.75) is 86.0 Å². The van der Waals surface area contributed by atoms with Gasteiger partial charge in [-0.25, -0.2) is 0 Å². The van der Waals surface area contributed by atoms with Gasteiger partial charge in [-0.3, -0.25) is 4.99 Å². The molecule has 144 valence electrons. The van der Waals surface area contributed by atoms with Crippen LogP contribution in [0.15, 0.2) is 19.8 Å². The quantitative estimate of drug-likeness (QED) is 0.226. The van der Waals surface area contributed by atoms with Crippen LogP contribution < -0.4 is 0 Å².